The van der Waals surface area contributed by atoms with E-state index >= 15 is 0 Å². The minimum Gasteiger partial charge on any atom is -0.329 e. The Hall–Kier alpha value is -0.450. The number of likely N-dealkylation sites (tertiary alicyclic amines) is 1. The third kappa shape index (κ3) is 1.82. The highest BCUT2D eigenvalue weighted by Crippen LogP contribution is 2.23. The number of rotatable bonds is 3. The molecule has 1 aliphatic rings. The van der Waals surface area contributed by atoms with Gasteiger partial charge in [-0.05, 0) is 20.3 Å². The quantitative estimate of drug-likeness (QED) is 0.819. The van der Waals surface area contributed by atoms with E-state index in [1.807, 2.05) is 11.3 Å². The van der Waals surface area contributed by atoms with Crippen LogP contribution in [0, 0.1) is 13.8 Å². The van der Waals surface area contributed by atoms with E-state index in [1.54, 1.807) is 0 Å². The number of hydrogen-bond donors (Lipinski definition) is 1. The van der Waals surface area contributed by atoms with Gasteiger partial charge in [0.15, 0.2) is 0 Å². The summed E-state index contributed by atoms with van der Waals surface area (Å²) in [5.41, 5.74) is 6.83. The predicted octanol–water partition coefficient (Wildman–Crippen LogP) is 1.29. The second kappa shape index (κ2) is 3.96. The Kier molecular flexibility index (Phi) is 2.85. The summed E-state index contributed by atoms with van der Waals surface area (Å²) in [6.45, 7) is 7.16. The van der Waals surface area contributed by atoms with E-state index in [0.29, 0.717) is 6.04 Å². The van der Waals surface area contributed by atoms with Gasteiger partial charge >= 0.3 is 0 Å². The van der Waals surface area contributed by atoms with Crippen LogP contribution in [-0.4, -0.2) is 29.0 Å². The molecule has 14 heavy (non-hydrogen) atoms. The zero-order valence-electron chi connectivity index (χ0n) is 8.79. The summed E-state index contributed by atoms with van der Waals surface area (Å²) in [6, 6.07) is 0.597. The highest BCUT2D eigenvalue weighted by atomic mass is 32.1. The van der Waals surface area contributed by atoms with Crippen molar-refractivity contribution in [2.24, 2.45) is 5.73 Å². The smallest absolute Gasteiger partial charge is 0.107 e. The molecule has 2 N–H and O–H groups in total. The monoisotopic (exact) mass is 211 g/mol. The Morgan fingerprint density at radius 2 is 2.36 bits per heavy atom. The maximum atomic E-state index is 5.65. The lowest BCUT2D eigenvalue weighted by atomic mass is 10.0. The van der Waals surface area contributed by atoms with E-state index in [9.17, 15) is 0 Å². The van der Waals surface area contributed by atoms with Gasteiger partial charge in [0.2, 0.25) is 0 Å². The average Bonchev–Trinajstić information content (AvgIpc) is 2.42. The molecule has 1 aliphatic heterocycles. The average molecular weight is 211 g/mol. The Labute approximate surface area is 88.9 Å². The van der Waals surface area contributed by atoms with Crippen molar-refractivity contribution in [3.63, 3.8) is 0 Å². The Bertz CT molecular complexity index is 300. The molecule has 2 heterocycles. The van der Waals surface area contributed by atoms with Gasteiger partial charge in [-0.15, -0.1) is 11.3 Å². The zero-order valence-corrected chi connectivity index (χ0v) is 9.60. The Morgan fingerprint density at radius 1 is 1.57 bits per heavy atom. The van der Waals surface area contributed by atoms with Crippen molar-refractivity contribution in [1.29, 1.82) is 0 Å². The van der Waals surface area contributed by atoms with Crippen molar-refractivity contribution in [3.8, 4) is 0 Å². The molecule has 0 spiro atoms. The van der Waals surface area contributed by atoms with Gasteiger partial charge in [-0.2, -0.15) is 0 Å². The lowest BCUT2D eigenvalue weighted by molar-refractivity contribution is 0.0881. The predicted molar refractivity (Wildman–Crippen MR) is 59.5 cm³/mol. The van der Waals surface area contributed by atoms with E-state index in [-0.39, 0.29) is 0 Å². The third-order valence-corrected chi connectivity index (χ3v) is 4.01. The van der Waals surface area contributed by atoms with Crippen LogP contribution in [0.15, 0.2) is 0 Å². The fraction of sp³-hybridized carbons (Fsp3) is 0.700. The van der Waals surface area contributed by atoms with Crippen LogP contribution in [0.2, 0.25) is 0 Å². The minimum absolute atomic E-state index is 0.597. The van der Waals surface area contributed by atoms with E-state index in [2.05, 4.69) is 23.7 Å². The molecule has 0 radical (unpaired) electrons. The van der Waals surface area contributed by atoms with Crippen molar-refractivity contribution in [2.75, 3.05) is 13.1 Å². The van der Waals surface area contributed by atoms with Gasteiger partial charge < -0.3 is 5.73 Å². The van der Waals surface area contributed by atoms with Crippen molar-refractivity contribution in [1.82, 2.24) is 9.88 Å². The molecular formula is C10H17N3S. The highest BCUT2D eigenvalue weighted by Gasteiger charge is 2.27. The van der Waals surface area contributed by atoms with Crippen LogP contribution in [0.5, 0.6) is 0 Å². The van der Waals surface area contributed by atoms with Crippen LogP contribution in [0.4, 0.5) is 0 Å². The zero-order chi connectivity index (χ0) is 10.1. The van der Waals surface area contributed by atoms with Crippen LogP contribution >= 0.6 is 11.3 Å². The first kappa shape index (κ1) is 10.1. The largest absolute Gasteiger partial charge is 0.329 e. The Morgan fingerprint density at radius 3 is 2.79 bits per heavy atom. The van der Waals surface area contributed by atoms with Crippen LogP contribution in [0.1, 0.15) is 22.0 Å². The van der Waals surface area contributed by atoms with E-state index in [4.69, 9.17) is 5.73 Å². The second-order valence-corrected chi connectivity index (χ2v) is 5.19. The fourth-order valence-corrected chi connectivity index (χ4v) is 2.71. The third-order valence-electron chi connectivity index (χ3n) is 2.95. The van der Waals surface area contributed by atoms with Gasteiger partial charge in [0.05, 0.1) is 12.2 Å². The molecule has 2 rings (SSSR count). The summed E-state index contributed by atoms with van der Waals surface area (Å²) < 4.78 is 0. The molecule has 1 fully saturated rings. The van der Waals surface area contributed by atoms with Crippen LogP contribution < -0.4 is 5.73 Å². The molecule has 0 aliphatic carbocycles. The number of nitrogens with two attached hydrogens (primary N) is 1. The molecule has 1 atom stereocenters. The van der Waals surface area contributed by atoms with E-state index < -0.39 is 0 Å². The maximum absolute atomic E-state index is 5.65. The fourth-order valence-electron chi connectivity index (χ4n) is 1.75. The number of aryl methyl sites for hydroxylation is 2. The topological polar surface area (TPSA) is 42.2 Å². The highest BCUT2D eigenvalue weighted by molar-refractivity contribution is 7.11. The number of hydrogen-bond acceptors (Lipinski definition) is 4. The first-order valence-electron chi connectivity index (χ1n) is 5.07. The summed E-state index contributed by atoms with van der Waals surface area (Å²) in [7, 11) is 0. The summed E-state index contributed by atoms with van der Waals surface area (Å²) in [5.74, 6) is 0. The number of nitrogens with zero attached hydrogens (tertiary/aromatic N) is 2. The van der Waals surface area contributed by atoms with Gasteiger partial charge in [-0.25, -0.2) is 4.98 Å². The number of thiazole rings is 1. The molecule has 3 nitrogen and oxygen atoms in total. The lowest BCUT2D eigenvalue weighted by Gasteiger charge is -2.39. The maximum Gasteiger partial charge on any atom is 0.107 e. The molecule has 1 saturated heterocycles. The van der Waals surface area contributed by atoms with Gasteiger partial charge in [0.1, 0.15) is 5.01 Å². The minimum atomic E-state index is 0.597. The first-order chi connectivity index (χ1) is 6.70. The normalized spacial score (nSPS) is 22.4. The molecule has 0 aromatic carbocycles. The molecule has 1 aromatic rings. The summed E-state index contributed by atoms with van der Waals surface area (Å²) in [5, 5.41) is 1.23. The molecule has 1 aromatic heterocycles. The SMILES string of the molecule is Cc1nc(CN2CCC2CN)sc1C. The number of aromatic nitrogens is 1. The molecular weight excluding hydrogens is 194 g/mol. The van der Waals surface area contributed by atoms with Crippen molar-refractivity contribution < 1.29 is 0 Å². The van der Waals surface area contributed by atoms with E-state index in [0.717, 1.165) is 13.1 Å². The van der Waals surface area contributed by atoms with Crippen molar-refractivity contribution >= 4 is 11.3 Å². The molecule has 0 saturated carbocycles. The second-order valence-electron chi connectivity index (χ2n) is 3.90. The van der Waals surface area contributed by atoms with Gasteiger partial charge in [-0.1, -0.05) is 0 Å². The molecule has 0 amide bonds. The summed E-state index contributed by atoms with van der Waals surface area (Å²) >= 11 is 1.81. The van der Waals surface area contributed by atoms with Gasteiger partial charge in [0.25, 0.3) is 0 Å². The summed E-state index contributed by atoms with van der Waals surface area (Å²) in [6.07, 6.45) is 1.25. The van der Waals surface area contributed by atoms with Gasteiger partial charge in [-0.3, -0.25) is 4.90 Å². The Balaban J connectivity index is 1.97. The van der Waals surface area contributed by atoms with Crippen LogP contribution in [-0.2, 0) is 6.54 Å². The summed E-state index contributed by atoms with van der Waals surface area (Å²) in [4.78, 5) is 8.29. The van der Waals surface area contributed by atoms with Gasteiger partial charge in [0, 0.05) is 24.0 Å². The first-order valence-corrected chi connectivity index (χ1v) is 5.89. The molecule has 0 bridgehead atoms. The van der Waals surface area contributed by atoms with Crippen LogP contribution in [0.25, 0.3) is 0 Å². The van der Waals surface area contributed by atoms with Crippen molar-refractivity contribution in [3.05, 3.63) is 15.6 Å². The van der Waals surface area contributed by atoms with E-state index in [1.165, 1.54) is 28.5 Å². The molecule has 78 valence electrons. The van der Waals surface area contributed by atoms with Crippen LogP contribution in [0.3, 0.4) is 0 Å². The molecule has 4 heteroatoms. The standard InChI is InChI=1S/C10H17N3S/c1-7-8(2)14-10(12-7)6-13-4-3-9(13)5-11/h9H,3-6,11H2,1-2H3. The molecule has 1 unspecified atom stereocenters. The van der Waals surface area contributed by atoms with Crippen molar-refractivity contribution in [2.45, 2.75) is 32.9 Å². The lowest BCUT2D eigenvalue weighted by Crippen LogP contribution is -2.50.